The number of benzene rings is 6. The highest BCUT2D eigenvalue weighted by Gasteiger charge is 2.52. The fraction of sp³-hybridized carbons (Fsp3) is 0.465. The van der Waals surface area contributed by atoms with Crippen molar-refractivity contribution in [1.82, 2.24) is 0 Å². The predicted molar refractivity (Wildman–Crippen MR) is 327 cm³/mol. The summed E-state index contributed by atoms with van der Waals surface area (Å²) in [7, 11) is 0. The molecule has 7 aromatic rings. The number of anilines is 6. The molecular formula is C71H83BN2S. The number of hydrogen-bond acceptors (Lipinski definition) is 3. The summed E-state index contributed by atoms with van der Waals surface area (Å²) in [6, 6.07) is 40.4. The monoisotopic (exact) mass is 1010 g/mol. The molecule has 2 aliphatic heterocycles. The smallest absolute Gasteiger partial charge is 0.264 e. The summed E-state index contributed by atoms with van der Waals surface area (Å²) in [5.41, 5.74) is 27.4. The van der Waals surface area contributed by atoms with Crippen LogP contribution in [0.2, 0.25) is 0 Å². The molecule has 14 rings (SSSR count). The third kappa shape index (κ3) is 7.15. The minimum atomic E-state index is -0.130. The highest BCUT2D eigenvalue weighted by Crippen LogP contribution is 2.60. The van der Waals surface area contributed by atoms with Crippen LogP contribution >= 0.6 is 11.3 Å². The molecule has 6 aromatic carbocycles. The minimum Gasteiger partial charge on any atom is -0.311 e. The zero-order chi connectivity index (χ0) is 53.1. The number of nitrogens with zero attached hydrogens (tertiary/aromatic N) is 2. The van der Waals surface area contributed by atoms with E-state index in [1.54, 1.807) is 11.1 Å². The molecule has 4 heteroatoms. The number of rotatable bonds is 3. The van der Waals surface area contributed by atoms with Crippen LogP contribution in [0.3, 0.4) is 0 Å². The van der Waals surface area contributed by atoms with Gasteiger partial charge in [0.15, 0.2) is 0 Å². The number of thiophene rings is 1. The molecule has 0 amide bonds. The van der Waals surface area contributed by atoms with E-state index in [1.165, 1.54) is 161 Å². The van der Waals surface area contributed by atoms with E-state index in [2.05, 4.69) is 236 Å². The van der Waals surface area contributed by atoms with Crippen molar-refractivity contribution < 1.29 is 0 Å². The maximum absolute atomic E-state index is 2.86. The maximum atomic E-state index is 2.86. The highest BCUT2D eigenvalue weighted by molar-refractivity contribution is 7.33. The molecule has 0 radical (unpaired) electrons. The quantitative estimate of drug-likeness (QED) is 0.163. The highest BCUT2D eigenvalue weighted by atomic mass is 32.1. The van der Waals surface area contributed by atoms with Gasteiger partial charge in [0.25, 0.3) is 6.71 Å². The Hall–Kier alpha value is -5.06. The average molecular weight is 1010 g/mol. The van der Waals surface area contributed by atoms with Crippen molar-refractivity contribution in [2.45, 2.75) is 212 Å². The van der Waals surface area contributed by atoms with Crippen molar-refractivity contribution in [2.24, 2.45) is 0 Å². The Bertz CT molecular complexity index is 3570. The van der Waals surface area contributed by atoms with Gasteiger partial charge in [-0.2, -0.15) is 0 Å². The van der Waals surface area contributed by atoms with Gasteiger partial charge in [0.05, 0.1) is 11.4 Å². The largest absolute Gasteiger partial charge is 0.311 e. The van der Waals surface area contributed by atoms with Gasteiger partial charge in [-0.05, 0) is 217 Å². The van der Waals surface area contributed by atoms with Crippen LogP contribution in [0.4, 0.5) is 34.1 Å². The van der Waals surface area contributed by atoms with Gasteiger partial charge in [-0.15, -0.1) is 11.3 Å². The van der Waals surface area contributed by atoms with Gasteiger partial charge in [0.1, 0.15) is 0 Å². The van der Waals surface area contributed by atoms with E-state index in [0.717, 1.165) is 0 Å². The van der Waals surface area contributed by atoms with Gasteiger partial charge < -0.3 is 9.80 Å². The van der Waals surface area contributed by atoms with Crippen LogP contribution < -0.4 is 25.5 Å². The number of hydrogen-bond donors (Lipinski definition) is 0. The molecule has 0 N–H and O–H groups in total. The molecule has 2 nitrogen and oxygen atoms in total. The first-order valence-corrected chi connectivity index (χ1v) is 29.8. The molecule has 1 aromatic heterocycles. The molecule has 75 heavy (non-hydrogen) atoms. The van der Waals surface area contributed by atoms with E-state index < -0.39 is 0 Å². The van der Waals surface area contributed by atoms with E-state index in [9.17, 15) is 0 Å². The molecule has 1 fully saturated rings. The van der Waals surface area contributed by atoms with Gasteiger partial charge in [-0.25, -0.2) is 0 Å². The fourth-order valence-corrected chi connectivity index (χ4v) is 16.8. The average Bonchev–Trinajstić information content (AvgIpc) is 3.98. The third-order valence-electron chi connectivity index (χ3n) is 21.0. The molecule has 5 aliphatic carbocycles. The zero-order valence-corrected chi connectivity index (χ0v) is 49.6. The van der Waals surface area contributed by atoms with Crippen molar-refractivity contribution in [3.05, 3.63) is 147 Å². The summed E-state index contributed by atoms with van der Waals surface area (Å²) in [6.45, 7) is 42.1. The van der Waals surface area contributed by atoms with Gasteiger partial charge in [0.2, 0.25) is 0 Å². The topological polar surface area (TPSA) is 6.48 Å². The summed E-state index contributed by atoms with van der Waals surface area (Å²) in [5, 5.41) is 1.44. The normalized spacial score (nSPS) is 23.3. The molecule has 0 spiro atoms. The summed E-state index contributed by atoms with van der Waals surface area (Å²) in [6.07, 6.45) is 9.82. The van der Waals surface area contributed by atoms with Crippen LogP contribution in [0.1, 0.15) is 212 Å². The molecule has 386 valence electrons. The van der Waals surface area contributed by atoms with E-state index in [0.29, 0.717) is 0 Å². The van der Waals surface area contributed by atoms with Crippen molar-refractivity contribution in [3.8, 4) is 11.1 Å². The molecule has 0 saturated heterocycles. The molecule has 2 bridgehead atoms. The van der Waals surface area contributed by atoms with Gasteiger partial charge in [0, 0.05) is 43.2 Å². The van der Waals surface area contributed by atoms with Crippen molar-refractivity contribution in [2.75, 3.05) is 9.80 Å². The van der Waals surface area contributed by atoms with Crippen molar-refractivity contribution >= 4 is 78.0 Å². The maximum Gasteiger partial charge on any atom is 0.264 e. The van der Waals surface area contributed by atoms with Gasteiger partial charge in [-0.1, -0.05) is 159 Å². The Morgan fingerprint density at radius 2 is 0.960 bits per heavy atom. The Labute approximate surface area is 455 Å². The second-order valence-electron chi connectivity index (χ2n) is 30.1. The van der Waals surface area contributed by atoms with Crippen LogP contribution in [0.15, 0.2) is 97.1 Å². The Morgan fingerprint density at radius 3 is 1.51 bits per heavy atom. The third-order valence-corrected chi connectivity index (χ3v) is 22.2. The minimum absolute atomic E-state index is 0.0217. The standard InChI is InChI=1S/C71H83BN2S/c1-42-33-44(64(2,3)4)23-24-55(42)73-57-40-51-49(67(10,11)26-28-69(51,14)15)38-54(57)72-61-58(73)34-45(65(5,6)7)35-59(61)74(62-47-37-52-53(41-60(47)75-63(62)72)71(17)31-29-70(52,16)30-32-71)56-39-50-48(66(8,9)25-27-68(50,12)13)36-46(56)43-21-19-18-20-22-43/h18-24,33-41H,25-32H2,1-17H3. The summed E-state index contributed by atoms with van der Waals surface area (Å²) >= 11 is 2.12. The van der Waals surface area contributed by atoms with Gasteiger partial charge in [-0.3, -0.25) is 0 Å². The Morgan fingerprint density at radius 1 is 0.453 bits per heavy atom. The Kier molecular flexibility index (Phi) is 10.3. The van der Waals surface area contributed by atoms with E-state index in [1.807, 2.05) is 0 Å². The number of fused-ring (bicyclic) bond motifs is 10. The summed E-state index contributed by atoms with van der Waals surface area (Å²) < 4.78 is 2.95. The summed E-state index contributed by atoms with van der Waals surface area (Å²) in [4.78, 5) is 5.62. The van der Waals surface area contributed by atoms with Crippen LogP contribution in [0.5, 0.6) is 0 Å². The molecular weight excluding hydrogens is 924 g/mol. The molecule has 3 heterocycles. The summed E-state index contributed by atoms with van der Waals surface area (Å²) in [5.74, 6) is 0. The molecule has 7 aliphatic rings. The SMILES string of the molecule is Cc1cc(C(C)(C)C)ccc1N1c2cc3c(cc2B2c4sc5cc6c(cc5c4N(c4cc5c(cc4-c4ccccc4)C(C)(C)CCC5(C)C)c4cc(C(C)(C)C)cc1c42)C1(C)CCC6(C)CC1)C(C)(C)CCC3(C)C. The lowest BCUT2D eigenvalue weighted by atomic mass is 9.35. The molecule has 1 saturated carbocycles. The van der Waals surface area contributed by atoms with E-state index in [4.69, 9.17) is 0 Å². The van der Waals surface area contributed by atoms with Crippen LogP contribution in [-0.2, 0) is 43.3 Å². The first kappa shape index (κ1) is 49.5. The van der Waals surface area contributed by atoms with Crippen LogP contribution in [0, 0.1) is 6.92 Å². The van der Waals surface area contributed by atoms with Crippen molar-refractivity contribution in [1.29, 1.82) is 0 Å². The van der Waals surface area contributed by atoms with Crippen molar-refractivity contribution in [3.63, 3.8) is 0 Å². The van der Waals surface area contributed by atoms with E-state index >= 15 is 0 Å². The lowest BCUT2D eigenvalue weighted by Gasteiger charge is -2.52. The fourth-order valence-electron chi connectivity index (χ4n) is 15.4. The second kappa shape index (κ2) is 15.6. The van der Waals surface area contributed by atoms with E-state index in [-0.39, 0.29) is 50.0 Å². The van der Waals surface area contributed by atoms with Crippen LogP contribution in [-0.4, -0.2) is 6.71 Å². The molecule has 0 atom stereocenters. The molecule has 0 unspecified atom stereocenters. The lowest BCUT2D eigenvalue weighted by Crippen LogP contribution is -2.61. The van der Waals surface area contributed by atoms with Gasteiger partial charge >= 0.3 is 0 Å². The van der Waals surface area contributed by atoms with Crippen LogP contribution in [0.25, 0.3) is 21.2 Å². The second-order valence-corrected chi connectivity index (χ2v) is 31.2. The number of aryl methyl sites for hydroxylation is 1. The predicted octanol–water partition coefficient (Wildman–Crippen LogP) is 18.4. The lowest BCUT2D eigenvalue weighted by molar-refractivity contribution is 0.188. The first-order chi connectivity index (χ1) is 35.0. The Balaban J connectivity index is 1.22. The first-order valence-electron chi connectivity index (χ1n) is 29.0. The zero-order valence-electron chi connectivity index (χ0n) is 48.8.